The zero-order valence-electron chi connectivity index (χ0n) is 15.6. The van der Waals surface area contributed by atoms with Gasteiger partial charge >= 0.3 is 0 Å². The van der Waals surface area contributed by atoms with Crippen molar-refractivity contribution in [3.05, 3.63) is 84.3 Å². The summed E-state index contributed by atoms with van der Waals surface area (Å²) in [4.78, 5) is 0. The lowest BCUT2D eigenvalue weighted by Crippen LogP contribution is -1.98. The van der Waals surface area contributed by atoms with Crippen LogP contribution in [0.1, 0.15) is 5.56 Å². The molecule has 4 rings (SSSR count). The molecule has 0 bridgehead atoms. The topological polar surface area (TPSA) is 64.7 Å². The number of aromatic nitrogens is 1. The van der Waals surface area contributed by atoms with Crippen LogP contribution in [0.4, 0.5) is 4.39 Å². The Morgan fingerprint density at radius 3 is 2.45 bits per heavy atom. The van der Waals surface area contributed by atoms with Crippen LogP contribution in [0.3, 0.4) is 0 Å². The van der Waals surface area contributed by atoms with Crippen LogP contribution in [0.15, 0.2) is 77.4 Å². The van der Waals surface area contributed by atoms with Crippen LogP contribution in [0.2, 0.25) is 0 Å². The number of rotatable bonds is 6. The molecular formula is C23H18FNO4. The molecule has 1 aromatic heterocycles. The van der Waals surface area contributed by atoms with E-state index in [0.717, 1.165) is 16.9 Å². The van der Waals surface area contributed by atoms with E-state index in [2.05, 4.69) is 5.16 Å². The smallest absolute Gasteiger partial charge is 0.178 e. The summed E-state index contributed by atoms with van der Waals surface area (Å²) in [6.45, 7) is 0.0604. The van der Waals surface area contributed by atoms with Gasteiger partial charge in [-0.15, -0.1) is 0 Å². The molecule has 3 aromatic carbocycles. The van der Waals surface area contributed by atoms with E-state index in [0.29, 0.717) is 22.6 Å². The highest BCUT2D eigenvalue weighted by Crippen LogP contribution is 2.38. The molecular weight excluding hydrogens is 373 g/mol. The van der Waals surface area contributed by atoms with Crippen molar-refractivity contribution >= 4 is 0 Å². The average molecular weight is 391 g/mol. The van der Waals surface area contributed by atoms with Gasteiger partial charge in [-0.25, -0.2) is 4.39 Å². The van der Waals surface area contributed by atoms with Crippen molar-refractivity contribution in [2.45, 2.75) is 6.61 Å². The fraction of sp³-hybridized carbons (Fsp3) is 0.0870. The Labute approximate surface area is 166 Å². The van der Waals surface area contributed by atoms with Crippen molar-refractivity contribution in [1.29, 1.82) is 0 Å². The van der Waals surface area contributed by atoms with Gasteiger partial charge in [0, 0.05) is 17.2 Å². The summed E-state index contributed by atoms with van der Waals surface area (Å²) in [6.07, 6.45) is 1.60. The maximum atomic E-state index is 13.7. The summed E-state index contributed by atoms with van der Waals surface area (Å²) in [5.41, 5.74) is 2.53. The van der Waals surface area contributed by atoms with E-state index < -0.39 is 0 Å². The number of hydrogen-bond acceptors (Lipinski definition) is 5. The number of phenols is 1. The molecule has 0 aliphatic heterocycles. The van der Waals surface area contributed by atoms with Crippen molar-refractivity contribution in [2.75, 3.05) is 7.11 Å². The predicted octanol–water partition coefficient (Wildman–Crippen LogP) is 5.44. The Kier molecular flexibility index (Phi) is 5.16. The van der Waals surface area contributed by atoms with Gasteiger partial charge < -0.3 is 19.1 Å². The molecule has 29 heavy (non-hydrogen) atoms. The van der Waals surface area contributed by atoms with Crippen LogP contribution in [-0.2, 0) is 6.61 Å². The van der Waals surface area contributed by atoms with Crippen LogP contribution in [0, 0.1) is 5.82 Å². The van der Waals surface area contributed by atoms with Gasteiger partial charge in [0.25, 0.3) is 0 Å². The van der Waals surface area contributed by atoms with Gasteiger partial charge in [0.2, 0.25) is 0 Å². The minimum Gasteiger partial charge on any atom is -0.507 e. The summed E-state index contributed by atoms with van der Waals surface area (Å²) in [5, 5.41) is 14.4. The highest BCUT2D eigenvalue weighted by molar-refractivity contribution is 5.82. The molecule has 0 unspecified atom stereocenters. The second-order valence-corrected chi connectivity index (χ2v) is 6.36. The van der Waals surface area contributed by atoms with E-state index >= 15 is 0 Å². The summed E-state index contributed by atoms with van der Waals surface area (Å²) in [5.74, 6) is 1.24. The molecule has 0 saturated carbocycles. The highest BCUT2D eigenvalue weighted by atomic mass is 19.1. The largest absolute Gasteiger partial charge is 0.507 e. The maximum absolute atomic E-state index is 13.7. The number of ether oxygens (including phenoxy) is 2. The van der Waals surface area contributed by atoms with Crippen LogP contribution in [0.5, 0.6) is 17.2 Å². The third-order valence-electron chi connectivity index (χ3n) is 4.54. The normalized spacial score (nSPS) is 10.7. The van der Waals surface area contributed by atoms with Gasteiger partial charge in [0.05, 0.1) is 18.9 Å². The summed E-state index contributed by atoms with van der Waals surface area (Å²) >= 11 is 0. The first-order valence-corrected chi connectivity index (χ1v) is 8.94. The predicted molar refractivity (Wildman–Crippen MR) is 106 cm³/mol. The Morgan fingerprint density at radius 1 is 0.966 bits per heavy atom. The summed E-state index contributed by atoms with van der Waals surface area (Å²) in [7, 11) is 1.60. The zero-order chi connectivity index (χ0) is 20.2. The molecule has 0 saturated heterocycles. The lowest BCUT2D eigenvalue weighted by Gasteiger charge is -2.10. The van der Waals surface area contributed by atoms with Gasteiger partial charge in [-0.1, -0.05) is 35.5 Å². The van der Waals surface area contributed by atoms with Gasteiger partial charge in [-0.05, 0) is 35.9 Å². The van der Waals surface area contributed by atoms with Crippen LogP contribution in [0.25, 0.3) is 22.5 Å². The number of methoxy groups -OCH3 is 1. The summed E-state index contributed by atoms with van der Waals surface area (Å²) in [6, 6.07) is 18.7. The van der Waals surface area contributed by atoms with E-state index in [-0.39, 0.29) is 18.2 Å². The number of halogens is 1. The van der Waals surface area contributed by atoms with E-state index in [1.807, 2.05) is 24.3 Å². The van der Waals surface area contributed by atoms with Crippen molar-refractivity contribution in [3.8, 4) is 39.7 Å². The van der Waals surface area contributed by atoms with Crippen LogP contribution < -0.4 is 9.47 Å². The molecule has 0 atom stereocenters. The third kappa shape index (κ3) is 3.91. The number of benzene rings is 3. The number of hydrogen-bond donors (Lipinski definition) is 1. The molecule has 0 amide bonds. The molecule has 0 fully saturated rings. The molecule has 0 spiro atoms. The molecule has 1 heterocycles. The van der Waals surface area contributed by atoms with Crippen molar-refractivity contribution in [1.82, 2.24) is 5.16 Å². The quantitative estimate of drug-likeness (QED) is 0.474. The van der Waals surface area contributed by atoms with Crippen molar-refractivity contribution in [2.24, 2.45) is 0 Å². The van der Waals surface area contributed by atoms with Gasteiger partial charge in [0.1, 0.15) is 29.7 Å². The highest BCUT2D eigenvalue weighted by Gasteiger charge is 2.17. The first kappa shape index (κ1) is 18.6. The first-order valence-electron chi connectivity index (χ1n) is 8.94. The molecule has 0 aliphatic carbocycles. The van der Waals surface area contributed by atoms with E-state index in [4.69, 9.17) is 14.0 Å². The molecule has 0 radical (unpaired) electrons. The molecule has 1 N–H and O–H groups in total. The Balaban J connectivity index is 1.57. The van der Waals surface area contributed by atoms with E-state index in [9.17, 15) is 9.50 Å². The van der Waals surface area contributed by atoms with Gasteiger partial charge in [-0.3, -0.25) is 0 Å². The van der Waals surface area contributed by atoms with E-state index in [1.54, 1.807) is 43.6 Å². The lowest BCUT2D eigenvalue weighted by atomic mass is 10.0. The molecule has 6 heteroatoms. The standard InChI is InChI=1S/C23H18FNO4/c1-27-17-8-6-15(7-9-17)20-13-25-29-23(20)19-11-10-18(12-22(19)26)28-14-16-4-2-3-5-21(16)24/h2-13,26H,14H2,1H3. The first-order chi connectivity index (χ1) is 14.2. The number of aromatic hydroxyl groups is 1. The van der Waals surface area contributed by atoms with E-state index in [1.165, 1.54) is 12.1 Å². The third-order valence-corrected chi connectivity index (χ3v) is 4.54. The second-order valence-electron chi connectivity index (χ2n) is 6.36. The van der Waals surface area contributed by atoms with Gasteiger partial charge in [0.15, 0.2) is 5.76 Å². The summed E-state index contributed by atoms with van der Waals surface area (Å²) < 4.78 is 29.9. The fourth-order valence-electron chi connectivity index (χ4n) is 2.98. The van der Waals surface area contributed by atoms with Crippen LogP contribution >= 0.6 is 0 Å². The maximum Gasteiger partial charge on any atom is 0.178 e. The monoisotopic (exact) mass is 391 g/mol. The zero-order valence-corrected chi connectivity index (χ0v) is 15.6. The van der Waals surface area contributed by atoms with Crippen molar-refractivity contribution in [3.63, 3.8) is 0 Å². The molecule has 146 valence electrons. The van der Waals surface area contributed by atoms with Gasteiger partial charge in [-0.2, -0.15) is 0 Å². The second kappa shape index (κ2) is 8.06. The Morgan fingerprint density at radius 2 is 1.72 bits per heavy atom. The van der Waals surface area contributed by atoms with Crippen LogP contribution in [-0.4, -0.2) is 17.4 Å². The fourth-order valence-corrected chi connectivity index (χ4v) is 2.98. The molecule has 4 aromatic rings. The molecule has 0 aliphatic rings. The number of nitrogens with zero attached hydrogens (tertiary/aromatic N) is 1. The Hall–Kier alpha value is -3.80. The van der Waals surface area contributed by atoms with Crippen molar-refractivity contribution < 1.29 is 23.5 Å². The SMILES string of the molecule is COc1ccc(-c2cnoc2-c2ccc(OCc3ccccc3F)cc2O)cc1. The molecule has 5 nitrogen and oxygen atoms in total. The average Bonchev–Trinajstić information content (AvgIpc) is 3.23. The number of phenolic OH excluding ortho intramolecular Hbond substituents is 1. The minimum absolute atomic E-state index is 0.0254. The lowest BCUT2D eigenvalue weighted by molar-refractivity contribution is 0.298. The Bertz CT molecular complexity index is 1120. The minimum atomic E-state index is -0.334.